The van der Waals surface area contributed by atoms with Crippen LogP contribution in [0.2, 0.25) is 5.02 Å². The van der Waals surface area contributed by atoms with E-state index in [2.05, 4.69) is 10.2 Å². The van der Waals surface area contributed by atoms with Gasteiger partial charge in [-0.25, -0.2) is 13.9 Å². The summed E-state index contributed by atoms with van der Waals surface area (Å²) in [7, 11) is 0. The van der Waals surface area contributed by atoms with E-state index in [-0.39, 0.29) is 16.1 Å². The van der Waals surface area contributed by atoms with Crippen molar-refractivity contribution in [1.29, 1.82) is 0 Å². The number of alkyl halides is 2. The molecule has 1 aliphatic rings. The van der Waals surface area contributed by atoms with E-state index in [1.54, 1.807) is 6.07 Å². The number of halogens is 3. The molecule has 1 fully saturated rings. The van der Waals surface area contributed by atoms with Gasteiger partial charge < -0.3 is 9.80 Å². The predicted octanol–water partition coefficient (Wildman–Crippen LogP) is 2.50. The number of carbonyl (C=O) groups is 1. The van der Waals surface area contributed by atoms with Crippen molar-refractivity contribution in [3.63, 3.8) is 0 Å². The van der Waals surface area contributed by atoms with Crippen LogP contribution >= 0.6 is 11.6 Å². The van der Waals surface area contributed by atoms with Crippen LogP contribution in [0.1, 0.15) is 22.8 Å². The van der Waals surface area contributed by atoms with Crippen molar-refractivity contribution in [2.24, 2.45) is 0 Å². The molecule has 138 valence electrons. The minimum atomic E-state index is -3.10. The van der Waals surface area contributed by atoms with Gasteiger partial charge in [-0.15, -0.1) is 0 Å². The summed E-state index contributed by atoms with van der Waals surface area (Å²) in [5.74, 6) is -3.53. The largest absolute Gasteiger partial charge is 0.365 e. The summed E-state index contributed by atoms with van der Waals surface area (Å²) < 4.78 is 27.6. The highest BCUT2D eigenvalue weighted by Gasteiger charge is 2.32. The van der Waals surface area contributed by atoms with Gasteiger partial charge in [-0.2, -0.15) is 5.10 Å². The summed E-state index contributed by atoms with van der Waals surface area (Å²) in [6, 6.07) is 5.74. The molecule has 0 atom stereocenters. The van der Waals surface area contributed by atoms with Crippen LogP contribution < -0.4 is 10.5 Å². The fourth-order valence-electron chi connectivity index (χ4n) is 2.97. The first kappa shape index (κ1) is 18.3. The monoisotopic (exact) mass is 382 g/mol. The SMILES string of the molecule is CC(F)(F)c1ccccc1C(=O)N1CCN(c2cn[nH]c(=O)c2Cl)CC1. The Kier molecular flexibility index (Phi) is 4.95. The molecule has 0 bridgehead atoms. The van der Waals surface area contributed by atoms with Crippen LogP contribution in [-0.4, -0.2) is 47.2 Å². The number of rotatable bonds is 3. The molecule has 0 unspecified atom stereocenters. The summed E-state index contributed by atoms with van der Waals surface area (Å²) in [5.41, 5.74) is -0.275. The lowest BCUT2D eigenvalue weighted by molar-refractivity contribution is 0.0157. The molecular formula is C17H17ClF2N4O2. The summed E-state index contributed by atoms with van der Waals surface area (Å²) in [5, 5.41) is 6.02. The molecule has 26 heavy (non-hydrogen) atoms. The van der Waals surface area contributed by atoms with Crippen molar-refractivity contribution >= 4 is 23.2 Å². The summed E-state index contributed by atoms with van der Waals surface area (Å²) in [6.45, 7) is 2.26. The van der Waals surface area contributed by atoms with E-state index in [1.807, 2.05) is 4.90 Å². The molecular weight excluding hydrogens is 366 g/mol. The normalized spacial score (nSPS) is 15.2. The fraction of sp³-hybridized carbons (Fsp3) is 0.353. The smallest absolute Gasteiger partial charge is 0.285 e. The molecule has 1 aliphatic heterocycles. The number of nitrogens with zero attached hydrogens (tertiary/aromatic N) is 3. The molecule has 2 aromatic rings. The zero-order valence-corrected chi connectivity index (χ0v) is 14.8. The minimum absolute atomic E-state index is 0.00399. The van der Waals surface area contributed by atoms with E-state index in [9.17, 15) is 18.4 Å². The van der Waals surface area contributed by atoms with E-state index < -0.39 is 17.4 Å². The fourth-order valence-corrected chi connectivity index (χ4v) is 3.18. The Bertz CT molecular complexity index is 874. The van der Waals surface area contributed by atoms with Crippen molar-refractivity contribution in [2.45, 2.75) is 12.8 Å². The number of H-pyrrole nitrogens is 1. The highest BCUT2D eigenvalue weighted by atomic mass is 35.5. The zero-order valence-electron chi connectivity index (χ0n) is 14.0. The van der Waals surface area contributed by atoms with Crippen LogP contribution in [0.5, 0.6) is 0 Å². The number of hydrogen-bond donors (Lipinski definition) is 1. The van der Waals surface area contributed by atoms with Crippen molar-refractivity contribution in [2.75, 3.05) is 31.1 Å². The molecule has 0 aliphatic carbocycles. The summed E-state index contributed by atoms with van der Waals surface area (Å²) in [6.07, 6.45) is 1.45. The van der Waals surface area contributed by atoms with Gasteiger partial charge in [0.05, 0.1) is 11.9 Å². The number of amides is 1. The average Bonchev–Trinajstić information content (AvgIpc) is 2.63. The molecule has 0 saturated carbocycles. The van der Waals surface area contributed by atoms with Crippen LogP contribution in [-0.2, 0) is 5.92 Å². The van der Waals surface area contributed by atoms with Gasteiger partial charge in [-0.05, 0) is 6.07 Å². The third-order valence-corrected chi connectivity index (χ3v) is 4.68. The van der Waals surface area contributed by atoms with Gasteiger partial charge >= 0.3 is 0 Å². The van der Waals surface area contributed by atoms with Crippen molar-refractivity contribution in [1.82, 2.24) is 15.1 Å². The number of nitrogens with one attached hydrogen (secondary N) is 1. The van der Waals surface area contributed by atoms with E-state index in [4.69, 9.17) is 11.6 Å². The standard InChI is InChI=1S/C17H17ClF2N4O2/c1-17(19,20)12-5-3-2-4-11(12)16(26)24-8-6-23(7-9-24)13-10-21-22-15(25)14(13)18/h2-5,10H,6-9H2,1H3,(H,22,25). The maximum absolute atomic E-state index is 13.8. The first-order valence-electron chi connectivity index (χ1n) is 8.04. The lowest BCUT2D eigenvalue weighted by Gasteiger charge is -2.36. The van der Waals surface area contributed by atoms with Crippen molar-refractivity contribution in [3.8, 4) is 0 Å². The average molecular weight is 383 g/mol. The topological polar surface area (TPSA) is 69.3 Å². The van der Waals surface area contributed by atoms with Crippen LogP contribution in [0, 0.1) is 0 Å². The first-order chi connectivity index (χ1) is 12.3. The van der Waals surface area contributed by atoms with Gasteiger partial charge in [-0.3, -0.25) is 9.59 Å². The molecule has 0 radical (unpaired) electrons. The molecule has 1 saturated heterocycles. The van der Waals surface area contributed by atoms with Crippen LogP contribution in [0.3, 0.4) is 0 Å². The Labute approximate surface area is 153 Å². The first-order valence-corrected chi connectivity index (χ1v) is 8.41. The Morgan fingerprint density at radius 3 is 2.54 bits per heavy atom. The Hall–Kier alpha value is -2.48. The Balaban J connectivity index is 1.76. The van der Waals surface area contributed by atoms with Crippen molar-refractivity contribution < 1.29 is 13.6 Å². The number of hydrogen-bond acceptors (Lipinski definition) is 4. The quantitative estimate of drug-likeness (QED) is 0.885. The number of carbonyl (C=O) groups excluding carboxylic acids is 1. The molecule has 1 amide bonds. The third kappa shape index (κ3) is 3.55. The van der Waals surface area contributed by atoms with Gasteiger partial charge in [0.2, 0.25) is 0 Å². The lowest BCUT2D eigenvalue weighted by Crippen LogP contribution is -2.49. The second-order valence-corrected chi connectivity index (χ2v) is 6.49. The highest BCUT2D eigenvalue weighted by Crippen LogP contribution is 2.31. The van der Waals surface area contributed by atoms with E-state index in [1.165, 1.54) is 29.3 Å². The lowest BCUT2D eigenvalue weighted by atomic mass is 10.0. The predicted molar refractivity (Wildman–Crippen MR) is 94.0 cm³/mol. The molecule has 0 spiro atoms. The zero-order chi connectivity index (χ0) is 18.9. The molecule has 2 heterocycles. The van der Waals surface area contributed by atoms with E-state index in [0.717, 1.165) is 6.92 Å². The van der Waals surface area contributed by atoms with Gasteiger partial charge in [-0.1, -0.05) is 29.8 Å². The minimum Gasteiger partial charge on any atom is -0.365 e. The maximum Gasteiger partial charge on any atom is 0.285 e. The number of piperazine rings is 1. The van der Waals surface area contributed by atoms with E-state index >= 15 is 0 Å². The Morgan fingerprint density at radius 2 is 1.88 bits per heavy atom. The number of aromatic amines is 1. The van der Waals surface area contributed by atoms with Gasteiger partial charge in [0.25, 0.3) is 17.4 Å². The summed E-state index contributed by atoms with van der Waals surface area (Å²) in [4.78, 5) is 27.6. The summed E-state index contributed by atoms with van der Waals surface area (Å²) >= 11 is 6.00. The third-order valence-electron chi connectivity index (χ3n) is 4.32. The number of benzene rings is 1. The number of aromatic nitrogens is 2. The van der Waals surface area contributed by atoms with Gasteiger partial charge in [0, 0.05) is 44.2 Å². The molecule has 6 nitrogen and oxygen atoms in total. The molecule has 9 heteroatoms. The second-order valence-electron chi connectivity index (χ2n) is 6.11. The molecule has 1 N–H and O–H groups in total. The van der Waals surface area contributed by atoms with Crippen LogP contribution in [0.4, 0.5) is 14.5 Å². The van der Waals surface area contributed by atoms with Crippen molar-refractivity contribution in [3.05, 3.63) is 57.0 Å². The number of anilines is 1. The molecule has 3 rings (SSSR count). The highest BCUT2D eigenvalue weighted by molar-refractivity contribution is 6.33. The maximum atomic E-state index is 13.8. The van der Waals surface area contributed by atoms with Gasteiger partial charge in [0.1, 0.15) is 5.02 Å². The molecule has 1 aromatic carbocycles. The van der Waals surface area contributed by atoms with Crippen LogP contribution in [0.15, 0.2) is 35.3 Å². The second kappa shape index (κ2) is 7.03. The van der Waals surface area contributed by atoms with Gasteiger partial charge in [0.15, 0.2) is 0 Å². The van der Waals surface area contributed by atoms with Crippen LogP contribution in [0.25, 0.3) is 0 Å². The molecule has 1 aromatic heterocycles. The Morgan fingerprint density at radius 1 is 1.23 bits per heavy atom. The van der Waals surface area contributed by atoms with E-state index in [0.29, 0.717) is 31.9 Å².